The van der Waals surface area contributed by atoms with Crippen molar-refractivity contribution in [2.24, 2.45) is 7.05 Å². The van der Waals surface area contributed by atoms with Gasteiger partial charge in [-0.25, -0.2) is 4.79 Å². The van der Waals surface area contributed by atoms with Gasteiger partial charge in [0.15, 0.2) is 0 Å². The summed E-state index contributed by atoms with van der Waals surface area (Å²) in [5.41, 5.74) is 2.14. The first kappa shape index (κ1) is 10.3. The number of nitrogens with zero attached hydrogens (tertiary/aromatic N) is 2. The van der Waals surface area contributed by atoms with Crippen LogP contribution >= 0.6 is 0 Å². The minimum Gasteiger partial charge on any atom is -0.478 e. The number of hydrogen-bond donors (Lipinski definition) is 1. The van der Waals surface area contributed by atoms with Gasteiger partial charge in [-0.05, 0) is 18.9 Å². The summed E-state index contributed by atoms with van der Waals surface area (Å²) in [4.78, 5) is 11.2. The number of fused-ring (bicyclic) bond motifs is 1. The normalized spacial score (nSPS) is 16.1. The molecule has 1 aliphatic rings. The monoisotopic (exact) mass is 230 g/mol. The molecule has 0 aliphatic heterocycles. The van der Waals surface area contributed by atoms with E-state index in [-0.39, 0.29) is 0 Å². The standard InChI is InChI=1S/C13H14N2O2/c1-15-12-9(6-3-7-10(12)13(16)17)11(14-15)8-4-2-5-8/h3,6-8H,2,4-5H2,1H3,(H,16,17). The van der Waals surface area contributed by atoms with Crippen LogP contribution in [0.2, 0.25) is 0 Å². The Morgan fingerprint density at radius 2 is 2.24 bits per heavy atom. The molecular formula is C13H14N2O2. The predicted molar refractivity (Wildman–Crippen MR) is 64.3 cm³/mol. The van der Waals surface area contributed by atoms with Crippen molar-refractivity contribution in [3.8, 4) is 0 Å². The lowest BCUT2D eigenvalue weighted by Gasteiger charge is -2.23. The van der Waals surface area contributed by atoms with Gasteiger partial charge in [-0.15, -0.1) is 0 Å². The van der Waals surface area contributed by atoms with Gasteiger partial charge in [-0.2, -0.15) is 5.10 Å². The molecule has 1 aromatic heterocycles. The average Bonchev–Trinajstić information content (AvgIpc) is 2.54. The Labute approximate surface area is 98.9 Å². The number of carboxylic acids is 1. The van der Waals surface area contributed by atoms with Gasteiger partial charge in [0, 0.05) is 18.4 Å². The van der Waals surface area contributed by atoms with Crippen LogP contribution in [0.15, 0.2) is 18.2 Å². The maximum atomic E-state index is 11.2. The van der Waals surface area contributed by atoms with E-state index in [2.05, 4.69) is 5.10 Å². The number of carbonyl (C=O) groups is 1. The molecule has 0 unspecified atom stereocenters. The van der Waals surface area contributed by atoms with E-state index in [9.17, 15) is 9.90 Å². The van der Waals surface area contributed by atoms with Crippen molar-refractivity contribution < 1.29 is 9.90 Å². The van der Waals surface area contributed by atoms with Crippen LogP contribution in [0.4, 0.5) is 0 Å². The third-order valence-corrected chi connectivity index (χ3v) is 3.62. The van der Waals surface area contributed by atoms with Gasteiger partial charge in [-0.1, -0.05) is 18.6 Å². The van der Waals surface area contributed by atoms with Crippen molar-refractivity contribution in [1.29, 1.82) is 0 Å². The Kier molecular flexibility index (Phi) is 2.18. The van der Waals surface area contributed by atoms with Gasteiger partial charge in [0.2, 0.25) is 0 Å². The van der Waals surface area contributed by atoms with Crippen molar-refractivity contribution in [2.45, 2.75) is 25.2 Å². The van der Waals surface area contributed by atoms with Gasteiger partial charge < -0.3 is 5.11 Å². The molecule has 0 atom stereocenters. The smallest absolute Gasteiger partial charge is 0.337 e. The van der Waals surface area contributed by atoms with Gasteiger partial charge in [-0.3, -0.25) is 4.68 Å². The van der Waals surface area contributed by atoms with Crippen molar-refractivity contribution in [3.05, 3.63) is 29.5 Å². The molecule has 1 aliphatic carbocycles. The fraction of sp³-hybridized carbons (Fsp3) is 0.385. The van der Waals surface area contributed by atoms with Crippen molar-refractivity contribution in [1.82, 2.24) is 9.78 Å². The zero-order valence-corrected chi connectivity index (χ0v) is 9.68. The van der Waals surface area contributed by atoms with E-state index >= 15 is 0 Å². The Balaban J connectivity index is 2.27. The Morgan fingerprint density at radius 3 is 2.82 bits per heavy atom. The number of aromatic carboxylic acids is 1. The molecule has 4 nitrogen and oxygen atoms in total. The Hall–Kier alpha value is -1.84. The molecule has 3 rings (SSSR count). The second-order valence-corrected chi connectivity index (χ2v) is 4.64. The maximum Gasteiger partial charge on any atom is 0.337 e. The predicted octanol–water partition coefficient (Wildman–Crippen LogP) is 2.54. The summed E-state index contributed by atoms with van der Waals surface area (Å²) in [7, 11) is 1.82. The van der Waals surface area contributed by atoms with Crippen LogP contribution in [0.1, 0.15) is 41.2 Å². The summed E-state index contributed by atoms with van der Waals surface area (Å²) < 4.78 is 1.70. The summed E-state index contributed by atoms with van der Waals surface area (Å²) in [6, 6.07) is 5.41. The van der Waals surface area contributed by atoms with Crippen LogP contribution in [-0.2, 0) is 7.05 Å². The second kappa shape index (κ2) is 3.58. The first-order chi connectivity index (χ1) is 8.18. The van der Waals surface area contributed by atoms with Crippen LogP contribution in [0.3, 0.4) is 0 Å². The lowest BCUT2D eigenvalue weighted by molar-refractivity contribution is 0.0698. The van der Waals surface area contributed by atoms with Gasteiger partial charge in [0.25, 0.3) is 0 Å². The zero-order valence-electron chi connectivity index (χ0n) is 9.68. The van der Waals surface area contributed by atoms with Gasteiger partial charge >= 0.3 is 5.97 Å². The lowest BCUT2D eigenvalue weighted by Crippen LogP contribution is -2.09. The van der Waals surface area contributed by atoms with Gasteiger partial charge in [0.05, 0.1) is 16.8 Å². The SMILES string of the molecule is Cn1nc(C2CCC2)c2cccc(C(=O)O)c21. The number of rotatable bonds is 2. The maximum absolute atomic E-state index is 11.2. The average molecular weight is 230 g/mol. The fourth-order valence-corrected chi connectivity index (χ4v) is 2.52. The quantitative estimate of drug-likeness (QED) is 0.862. The van der Waals surface area contributed by atoms with E-state index in [1.54, 1.807) is 16.8 Å². The van der Waals surface area contributed by atoms with Crippen LogP contribution in [0, 0.1) is 0 Å². The minimum atomic E-state index is -0.890. The largest absolute Gasteiger partial charge is 0.478 e. The van der Waals surface area contributed by atoms with E-state index in [0.29, 0.717) is 11.5 Å². The Morgan fingerprint density at radius 1 is 1.47 bits per heavy atom. The molecule has 1 N–H and O–H groups in total. The molecule has 1 aromatic carbocycles. The summed E-state index contributed by atoms with van der Waals surface area (Å²) >= 11 is 0. The van der Waals surface area contributed by atoms with Crippen LogP contribution < -0.4 is 0 Å². The van der Waals surface area contributed by atoms with E-state index in [0.717, 1.165) is 16.6 Å². The van der Waals surface area contributed by atoms with Crippen molar-refractivity contribution >= 4 is 16.9 Å². The van der Waals surface area contributed by atoms with E-state index in [1.165, 1.54) is 19.3 Å². The molecule has 0 saturated heterocycles. The van der Waals surface area contributed by atoms with E-state index in [1.807, 2.05) is 13.1 Å². The van der Waals surface area contributed by atoms with E-state index < -0.39 is 5.97 Å². The summed E-state index contributed by atoms with van der Waals surface area (Å²) in [6.07, 6.45) is 3.59. The number of carboxylic acid groups (broad SMARTS) is 1. The molecule has 4 heteroatoms. The highest BCUT2D eigenvalue weighted by atomic mass is 16.4. The zero-order chi connectivity index (χ0) is 12.0. The number of para-hydroxylation sites is 1. The lowest BCUT2D eigenvalue weighted by atomic mass is 9.82. The topological polar surface area (TPSA) is 55.1 Å². The number of aromatic nitrogens is 2. The third-order valence-electron chi connectivity index (χ3n) is 3.62. The highest BCUT2D eigenvalue weighted by Gasteiger charge is 2.26. The second-order valence-electron chi connectivity index (χ2n) is 4.64. The molecule has 0 radical (unpaired) electrons. The number of benzene rings is 1. The fourth-order valence-electron chi connectivity index (χ4n) is 2.52. The molecule has 1 fully saturated rings. The molecule has 88 valence electrons. The molecule has 0 bridgehead atoms. The molecular weight excluding hydrogens is 216 g/mol. The van der Waals surface area contributed by atoms with Crippen LogP contribution in [0.5, 0.6) is 0 Å². The summed E-state index contributed by atoms with van der Waals surface area (Å²) in [6.45, 7) is 0. The van der Waals surface area contributed by atoms with Crippen LogP contribution in [-0.4, -0.2) is 20.9 Å². The summed E-state index contributed by atoms with van der Waals surface area (Å²) in [5.74, 6) is -0.374. The third kappa shape index (κ3) is 1.44. The molecule has 2 aromatic rings. The first-order valence-electron chi connectivity index (χ1n) is 5.87. The molecule has 1 heterocycles. The number of aryl methyl sites for hydroxylation is 1. The highest BCUT2D eigenvalue weighted by molar-refractivity contribution is 6.02. The molecule has 17 heavy (non-hydrogen) atoms. The molecule has 1 saturated carbocycles. The van der Waals surface area contributed by atoms with Crippen molar-refractivity contribution in [3.63, 3.8) is 0 Å². The number of hydrogen-bond acceptors (Lipinski definition) is 2. The van der Waals surface area contributed by atoms with Crippen molar-refractivity contribution in [2.75, 3.05) is 0 Å². The first-order valence-corrected chi connectivity index (χ1v) is 5.87. The molecule has 0 amide bonds. The highest BCUT2D eigenvalue weighted by Crippen LogP contribution is 2.39. The van der Waals surface area contributed by atoms with Crippen LogP contribution in [0.25, 0.3) is 10.9 Å². The van der Waals surface area contributed by atoms with E-state index in [4.69, 9.17) is 0 Å². The Bertz CT molecular complexity index is 597. The molecule has 0 spiro atoms. The minimum absolute atomic E-state index is 0.336. The summed E-state index contributed by atoms with van der Waals surface area (Å²) in [5, 5.41) is 14.7. The van der Waals surface area contributed by atoms with Gasteiger partial charge in [0.1, 0.15) is 0 Å².